The molecule has 0 aliphatic rings. The number of aromatic nitrogens is 2. The van der Waals surface area contributed by atoms with E-state index in [0.717, 1.165) is 10.9 Å². The van der Waals surface area contributed by atoms with Gasteiger partial charge in [-0.3, -0.25) is 4.79 Å². The number of hydrogen-bond donors (Lipinski definition) is 1. The van der Waals surface area contributed by atoms with E-state index in [2.05, 4.69) is 15.3 Å². The minimum absolute atomic E-state index is 0.00285. The van der Waals surface area contributed by atoms with Gasteiger partial charge in [-0.2, -0.15) is 0 Å². The lowest BCUT2D eigenvalue weighted by molar-refractivity contribution is -0.114. The molecule has 3 aromatic rings. The fourth-order valence-electron chi connectivity index (χ4n) is 2.98. The average molecular weight is 467 g/mol. The maximum absolute atomic E-state index is 12.6. The lowest BCUT2D eigenvalue weighted by Gasteiger charge is -2.20. The third kappa shape index (κ3) is 4.50. The number of thiophene rings is 1. The third-order valence-corrected chi connectivity index (χ3v) is 6.11. The first-order valence-corrected chi connectivity index (χ1v) is 10.7. The summed E-state index contributed by atoms with van der Waals surface area (Å²) in [6.45, 7) is 5.63. The number of carbonyl (C=O) groups is 2. The van der Waals surface area contributed by atoms with Crippen LogP contribution in [0.4, 0.5) is 11.5 Å². The number of ether oxygens (including phenoxy) is 1. The number of likely N-dealkylation sites (N-methyl/N-ethyl adjacent to an activating group) is 1. The summed E-state index contributed by atoms with van der Waals surface area (Å²) in [5.74, 6) is 0.392. The summed E-state index contributed by atoms with van der Waals surface area (Å²) in [6, 6.07) is 5.00. The van der Waals surface area contributed by atoms with Crippen molar-refractivity contribution in [2.45, 2.75) is 20.8 Å². The molecule has 0 saturated carbocycles. The monoisotopic (exact) mass is 466 g/mol. The number of amides is 1. The lowest BCUT2D eigenvalue weighted by Crippen LogP contribution is -2.31. The Bertz CT molecular complexity index is 1110. The first-order chi connectivity index (χ1) is 14.2. The van der Waals surface area contributed by atoms with Gasteiger partial charge in [0.1, 0.15) is 21.3 Å². The highest BCUT2D eigenvalue weighted by molar-refractivity contribution is 7.20. The summed E-state index contributed by atoms with van der Waals surface area (Å²) in [5.41, 5.74) is 1.09. The fraction of sp³-hybridized carbons (Fsp3) is 0.300. The predicted molar refractivity (Wildman–Crippen MR) is 121 cm³/mol. The molecule has 0 saturated heterocycles. The molecule has 7 nitrogen and oxygen atoms in total. The van der Waals surface area contributed by atoms with Crippen LogP contribution in [0.5, 0.6) is 0 Å². The molecule has 1 amide bonds. The smallest absolute Gasteiger partial charge is 0.348 e. The van der Waals surface area contributed by atoms with Crippen molar-refractivity contribution in [3.8, 4) is 0 Å². The molecule has 2 aromatic heterocycles. The molecule has 1 N–H and O–H groups in total. The van der Waals surface area contributed by atoms with E-state index >= 15 is 0 Å². The van der Waals surface area contributed by atoms with Gasteiger partial charge >= 0.3 is 5.97 Å². The number of anilines is 2. The Morgan fingerprint density at radius 2 is 1.87 bits per heavy atom. The van der Waals surface area contributed by atoms with Crippen molar-refractivity contribution >= 4 is 68.1 Å². The number of nitrogens with one attached hydrogen (secondary N) is 1. The lowest BCUT2D eigenvalue weighted by atomic mass is 10.2. The van der Waals surface area contributed by atoms with E-state index in [9.17, 15) is 9.59 Å². The summed E-state index contributed by atoms with van der Waals surface area (Å²) in [7, 11) is 1.75. The van der Waals surface area contributed by atoms with E-state index in [1.807, 2.05) is 6.92 Å². The maximum atomic E-state index is 12.6. The van der Waals surface area contributed by atoms with Crippen molar-refractivity contribution < 1.29 is 14.3 Å². The van der Waals surface area contributed by atoms with Crippen molar-refractivity contribution in [2.75, 3.05) is 30.4 Å². The van der Waals surface area contributed by atoms with E-state index in [0.29, 0.717) is 37.1 Å². The van der Waals surface area contributed by atoms with Gasteiger partial charge in [-0.25, -0.2) is 14.8 Å². The zero-order valence-corrected chi connectivity index (χ0v) is 19.2. The Balaban J connectivity index is 1.91. The van der Waals surface area contributed by atoms with Crippen molar-refractivity contribution in [2.24, 2.45) is 0 Å². The summed E-state index contributed by atoms with van der Waals surface area (Å²) in [4.78, 5) is 36.7. The highest BCUT2D eigenvalue weighted by atomic mass is 35.5. The number of benzene rings is 1. The van der Waals surface area contributed by atoms with Crippen LogP contribution in [0.1, 0.15) is 28.0 Å². The number of fused-ring (bicyclic) bond motifs is 1. The van der Waals surface area contributed by atoms with Crippen LogP contribution in [-0.2, 0) is 9.53 Å². The number of esters is 1. The number of carbonyl (C=O) groups excluding carboxylic acids is 2. The first-order valence-electron chi connectivity index (χ1n) is 9.12. The van der Waals surface area contributed by atoms with Crippen molar-refractivity contribution in [1.82, 2.24) is 9.97 Å². The summed E-state index contributed by atoms with van der Waals surface area (Å²) >= 11 is 13.5. The number of nitrogens with zero attached hydrogens (tertiary/aromatic N) is 3. The van der Waals surface area contributed by atoms with Crippen molar-refractivity contribution in [3.05, 3.63) is 44.5 Å². The molecule has 0 bridgehead atoms. The zero-order valence-electron chi connectivity index (χ0n) is 16.9. The molecule has 0 aliphatic heterocycles. The van der Waals surface area contributed by atoms with Crippen LogP contribution in [0.3, 0.4) is 0 Å². The summed E-state index contributed by atoms with van der Waals surface area (Å²) in [5, 5.41) is 4.17. The van der Waals surface area contributed by atoms with Crippen LogP contribution >= 0.6 is 34.5 Å². The molecule has 3 rings (SSSR count). The van der Waals surface area contributed by atoms with Gasteiger partial charge in [-0.05, 0) is 38.5 Å². The molecule has 2 heterocycles. The van der Waals surface area contributed by atoms with E-state index in [-0.39, 0.29) is 19.1 Å². The van der Waals surface area contributed by atoms with Gasteiger partial charge in [-0.1, -0.05) is 29.3 Å². The van der Waals surface area contributed by atoms with Gasteiger partial charge in [0.15, 0.2) is 0 Å². The topological polar surface area (TPSA) is 84.4 Å². The second kappa shape index (κ2) is 9.16. The van der Waals surface area contributed by atoms with Crippen molar-refractivity contribution in [1.29, 1.82) is 0 Å². The van der Waals surface area contributed by atoms with Crippen molar-refractivity contribution in [3.63, 3.8) is 0 Å². The SMILES string of the molecule is CCOC(=O)c1sc2nc(C)nc(N(C)CC(=O)Nc3c(Cl)cccc3Cl)c2c1C. The minimum Gasteiger partial charge on any atom is -0.462 e. The maximum Gasteiger partial charge on any atom is 0.348 e. The van der Waals surface area contributed by atoms with Crippen LogP contribution in [0.25, 0.3) is 10.2 Å². The molecule has 0 fully saturated rings. The molecule has 0 spiro atoms. The van der Waals surface area contributed by atoms with Gasteiger partial charge in [0, 0.05) is 7.05 Å². The number of hydrogen-bond acceptors (Lipinski definition) is 7. The van der Waals surface area contributed by atoms with Crippen LogP contribution in [0.15, 0.2) is 18.2 Å². The van der Waals surface area contributed by atoms with E-state index < -0.39 is 5.97 Å². The van der Waals surface area contributed by atoms with E-state index in [1.165, 1.54) is 11.3 Å². The van der Waals surface area contributed by atoms with Crippen LogP contribution < -0.4 is 10.2 Å². The highest BCUT2D eigenvalue weighted by Crippen LogP contribution is 2.36. The standard InChI is InChI=1S/C20H20Cl2N4O3S/c1-5-29-20(28)17-10(2)15-18(23-11(3)24-19(15)30-17)26(4)9-14(27)25-16-12(21)7-6-8-13(16)22/h6-8H,5,9H2,1-4H3,(H,25,27). The number of para-hydroxylation sites is 1. The number of rotatable bonds is 6. The Hall–Kier alpha value is -2.42. The second-order valence-corrected chi connectivity index (χ2v) is 8.37. The molecule has 0 atom stereocenters. The largest absolute Gasteiger partial charge is 0.462 e. The minimum atomic E-state index is -0.393. The molecule has 30 heavy (non-hydrogen) atoms. The number of aryl methyl sites for hydroxylation is 2. The Morgan fingerprint density at radius 1 is 1.20 bits per heavy atom. The van der Waals surface area contributed by atoms with Gasteiger partial charge in [-0.15, -0.1) is 11.3 Å². The normalized spacial score (nSPS) is 10.9. The van der Waals surface area contributed by atoms with E-state index in [1.54, 1.807) is 44.0 Å². The first kappa shape index (κ1) is 22.3. The Kier molecular flexibility index (Phi) is 6.80. The molecular weight excluding hydrogens is 447 g/mol. The predicted octanol–water partition coefficient (Wildman–Crippen LogP) is 4.87. The van der Waals surface area contributed by atoms with Gasteiger partial charge < -0.3 is 15.0 Å². The molecular formula is C20H20Cl2N4O3S. The van der Waals surface area contributed by atoms with Gasteiger partial charge in [0.05, 0.1) is 34.3 Å². The summed E-state index contributed by atoms with van der Waals surface area (Å²) < 4.78 is 5.14. The quantitative estimate of drug-likeness (QED) is 0.521. The van der Waals surface area contributed by atoms with Gasteiger partial charge in [0.2, 0.25) is 5.91 Å². The van der Waals surface area contributed by atoms with Crippen LogP contribution in [0, 0.1) is 13.8 Å². The fourth-order valence-corrected chi connectivity index (χ4v) is 4.58. The van der Waals surface area contributed by atoms with Crippen LogP contribution in [0.2, 0.25) is 10.0 Å². The van der Waals surface area contributed by atoms with Crippen LogP contribution in [-0.4, -0.2) is 42.0 Å². The molecule has 0 radical (unpaired) electrons. The molecule has 10 heteroatoms. The third-order valence-electron chi connectivity index (χ3n) is 4.31. The second-order valence-electron chi connectivity index (χ2n) is 6.55. The zero-order chi connectivity index (χ0) is 22.0. The number of halogens is 2. The van der Waals surface area contributed by atoms with E-state index in [4.69, 9.17) is 27.9 Å². The Morgan fingerprint density at radius 3 is 2.50 bits per heavy atom. The molecule has 158 valence electrons. The summed E-state index contributed by atoms with van der Waals surface area (Å²) in [6.07, 6.45) is 0. The molecule has 0 unspecified atom stereocenters. The average Bonchev–Trinajstić information content (AvgIpc) is 3.00. The Labute approximate surface area is 188 Å². The molecule has 1 aromatic carbocycles. The molecule has 0 aliphatic carbocycles. The highest BCUT2D eigenvalue weighted by Gasteiger charge is 2.23. The van der Waals surface area contributed by atoms with Gasteiger partial charge in [0.25, 0.3) is 0 Å².